The Bertz CT molecular complexity index is 1690. The van der Waals surface area contributed by atoms with Gasteiger partial charge >= 0.3 is 0 Å². The lowest BCUT2D eigenvalue weighted by atomic mass is 10.2. The Hall–Kier alpha value is -3.03. The normalized spacial score (nSPS) is 16.1. The number of hydrogen-bond acceptors (Lipinski definition) is 6. The van der Waals surface area contributed by atoms with Gasteiger partial charge in [0.05, 0.1) is 17.1 Å². The van der Waals surface area contributed by atoms with E-state index in [0.29, 0.717) is 18.1 Å². The van der Waals surface area contributed by atoms with Crippen LogP contribution in [-0.4, -0.2) is 49.9 Å². The maximum absolute atomic E-state index is 13.7. The van der Waals surface area contributed by atoms with Crippen molar-refractivity contribution in [2.45, 2.75) is 51.3 Å². The molecular weight excluding hydrogens is 621 g/mol. The van der Waals surface area contributed by atoms with Crippen LogP contribution in [-0.2, 0) is 11.5 Å². The lowest BCUT2D eigenvalue weighted by molar-refractivity contribution is 0.0898. The number of para-hydroxylation sites is 1. The summed E-state index contributed by atoms with van der Waals surface area (Å²) in [5.41, 5.74) is 2.14. The third kappa shape index (κ3) is 5.02. The zero-order valence-electron chi connectivity index (χ0n) is 22.4. The van der Waals surface area contributed by atoms with Gasteiger partial charge in [0.2, 0.25) is 0 Å². The fourth-order valence-corrected chi connectivity index (χ4v) is 6.83. The molecule has 1 atom stereocenters. The van der Waals surface area contributed by atoms with Crippen LogP contribution >= 0.6 is 22.6 Å². The molecule has 0 spiro atoms. The number of ether oxygens (including phenoxy) is 1. The maximum Gasteiger partial charge on any atom is 0.282 e. The third-order valence-electron chi connectivity index (χ3n) is 7.24. The number of nitrogens with zero attached hydrogens (tertiary/aromatic N) is 7. The van der Waals surface area contributed by atoms with Crippen molar-refractivity contribution in [2.24, 2.45) is 0 Å². The van der Waals surface area contributed by atoms with E-state index in [1.807, 2.05) is 48.7 Å². The molecule has 5 aromatic rings. The lowest BCUT2D eigenvalue weighted by Crippen LogP contribution is -2.33. The van der Waals surface area contributed by atoms with Gasteiger partial charge in [-0.15, -0.1) is 0 Å². The van der Waals surface area contributed by atoms with Gasteiger partial charge < -0.3 is 14.2 Å². The van der Waals surface area contributed by atoms with E-state index in [-0.39, 0.29) is 11.6 Å². The van der Waals surface area contributed by atoms with Crippen molar-refractivity contribution in [2.75, 3.05) is 18.1 Å². The predicted molar refractivity (Wildman–Crippen MR) is 164 cm³/mol. The fourth-order valence-electron chi connectivity index (χ4n) is 5.25. The van der Waals surface area contributed by atoms with Crippen LogP contribution < -0.4 is 10.5 Å². The SMILES string of the molecule is C[Si](C)(C)CCOCn1cc(I)c2c(N3CCCC3c3nn4cccc4c(=O)n3-c3ccccc3)ncnc21. The quantitative estimate of drug-likeness (QED) is 0.125. The second-order valence-electron chi connectivity index (χ2n) is 11.2. The average molecular weight is 654 g/mol. The van der Waals surface area contributed by atoms with Crippen molar-refractivity contribution >= 4 is 53.0 Å². The number of hydrogen-bond donors (Lipinski definition) is 0. The lowest BCUT2D eigenvalue weighted by Gasteiger charge is -2.27. The van der Waals surface area contributed by atoms with Crippen molar-refractivity contribution < 1.29 is 4.74 Å². The van der Waals surface area contributed by atoms with E-state index in [0.717, 1.165) is 58.1 Å². The average Bonchev–Trinajstić information content (AvgIpc) is 3.66. The summed E-state index contributed by atoms with van der Waals surface area (Å²) >= 11 is 2.37. The van der Waals surface area contributed by atoms with Crippen LogP contribution in [0.4, 0.5) is 5.82 Å². The summed E-state index contributed by atoms with van der Waals surface area (Å²) in [7, 11) is -1.16. The number of aromatic nitrogens is 6. The molecule has 4 aromatic heterocycles. The minimum Gasteiger partial charge on any atom is -0.361 e. The van der Waals surface area contributed by atoms with Crippen LogP contribution in [0, 0.1) is 3.57 Å². The van der Waals surface area contributed by atoms with Gasteiger partial charge in [0.15, 0.2) is 5.82 Å². The molecule has 1 aliphatic rings. The Kier molecular flexibility index (Phi) is 7.06. The molecule has 11 heteroatoms. The van der Waals surface area contributed by atoms with E-state index in [2.05, 4.69) is 62.9 Å². The van der Waals surface area contributed by atoms with Crippen molar-refractivity contribution in [1.29, 1.82) is 0 Å². The highest BCUT2D eigenvalue weighted by atomic mass is 127. The van der Waals surface area contributed by atoms with E-state index in [4.69, 9.17) is 14.8 Å². The highest BCUT2D eigenvalue weighted by Gasteiger charge is 2.34. The van der Waals surface area contributed by atoms with E-state index < -0.39 is 8.07 Å². The van der Waals surface area contributed by atoms with Crippen LogP contribution in [0.3, 0.4) is 0 Å². The molecule has 39 heavy (non-hydrogen) atoms. The molecule has 1 saturated heterocycles. The van der Waals surface area contributed by atoms with Gasteiger partial charge in [0.1, 0.15) is 30.0 Å². The van der Waals surface area contributed by atoms with Gasteiger partial charge in [0, 0.05) is 37.2 Å². The van der Waals surface area contributed by atoms with Crippen LogP contribution in [0.25, 0.3) is 22.2 Å². The largest absolute Gasteiger partial charge is 0.361 e. The van der Waals surface area contributed by atoms with Crippen molar-refractivity contribution in [3.05, 3.63) is 80.9 Å². The second-order valence-corrected chi connectivity index (χ2v) is 18.0. The van der Waals surface area contributed by atoms with E-state index in [9.17, 15) is 4.79 Å². The van der Waals surface area contributed by atoms with Crippen LogP contribution in [0.5, 0.6) is 0 Å². The van der Waals surface area contributed by atoms with Crippen molar-refractivity contribution in [3.8, 4) is 5.69 Å². The first-order valence-corrected chi connectivity index (χ1v) is 18.1. The minimum atomic E-state index is -1.16. The van der Waals surface area contributed by atoms with Gasteiger partial charge in [0.25, 0.3) is 5.56 Å². The third-order valence-corrected chi connectivity index (χ3v) is 9.76. The Balaban J connectivity index is 1.41. The van der Waals surface area contributed by atoms with Gasteiger partial charge in [-0.1, -0.05) is 37.8 Å². The van der Waals surface area contributed by atoms with Crippen LogP contribution in [0.2, 0.25) is 25.7 Å². The fraction of sp³-hybridized carbons (Fsp3) is 0.357. The van der Waals surface area contributed by atoms with Crippen LogP contribution in [0.15, 0.2) is 66.0 Å². The molecule has 0 aliphatic carbocycles. The first-order chi connectivity index (χ1) is 18.8. The first kappa shape index (κ1) is 26.2. The van der Waals surface area contributed by atoms with Gasteiger partial charge in [-0.3, -0.25) is 9.36 Å². The number of anilines is 1. The minimum absolute atomic E-state index is 0.0768. The molecule has 202 valence electrons. The maximum atomic E-state index is 13.7. The summed E-state index contributed by atoms with van der Waals surface area (Å²) in [6, 6.07) is 14.5. The van der Waals surface area contributed by atoms with Gasteiger partial charge in [-0.2, -0.15) is 5.10 Å². The van der Waals surface area contributed by atoms with E-state index in [1.54, 1.807) is 15.4 Å². The predicted octanol–water partition coefficient (Wildman–Crippen LogP) is 5.49. The van der Waals surface area contributed by atoms with Gasteiger partial charge in [-0.25, -0.2) is 14.5 Å². The van der Waals surface area contributed by atoms with Crippen molar-refractivity contribution in [3.63, 3.8) is 0 Å². The van der Waals surface area contributed by atoms with Crippen LogP contribution in [0.1, 0.15) is 24.7 Å². The number of halogens is 1. The number of fused-ring (bicyclic) bond motifs is 2. The molecular formula is C28H32IN7O2Si. The summed E-state index contributed by atoms with van der Waals surface area (Å²) in [4.78, 5) is 25.4. The summed E-state index contributed by atoms with van der Waals surface area (Å²) in [6.07, 6.45) is 7.40. The van der Waals surface area contributed by atoms with Crippen molar-refractivity contribution in [1.82, 2.24) is 28.7 Å². The van der Waals surface area contributed by atoms with Gasteiger partial charge in [-0.05, 0) is 65.7 Å². The first-order valence-electron chi connectivity index (χ1n) is 13.3. The molecule has 0 saturated carbocycles. The molecule has 0 N–H and O–H groups in total. The van der Waals surface area contributed by atoms with E-state index >= 15 is 0 Å². The summed E-state index contributed by atoms with van der Waals surface area (Å²) in [5, 5.41) is 5.99. The second kappa shape index (κ2) is 10.5. The zero-order valence-corrected chi connectivity index (χ0v) is 25.6. The monoisotopic (exact) mass is 653 g/mol. The smallest absolute Gasteiger partial charge is 0.282 e. The molecule has 6 rings (SSSR count). The topological polar surface area (TPSA) is 82.5 Å². The molecule has 1 fully saturated rings. The molecule has 0 bridgehead atoms. The number of rotatable bonds is 8. The highest BCUT2D eigenvalue weighted by molar-refractivity contribution is 14.1. The standard InChI is InChI=1S/C28H32IN7O2Si/c1-39(2,3)16-15-38-19-33-17-21(29)24-26(33)30-18-31-27(24)34-13-7-11-22(34)25-32-35-14-8-12-23(35)28(37)36(25)20-9-5-4-6-10-20/h4-6,8-10,12,14,17-18,22H,7,11,13,15-16,19H2,1-3H3. The molecule has 1 aliphatic heterocycles. The number of benzene rings is 1. The Morgan fingerprint density at radius 1 is 1.10 bits per heavy atom. The molecule has 0 amide bonds. The Labute approximate surface area is 241 Å². The summed E-state index contributed by atoms with van der Waals surface area (Å²) in [6.45, 7) is 9.11. The molecule has 1 unspecified atom stereocenters. The van der Waals surface area contributed by atoms with E-state index in [1.165, 1.54) is 0 Å². The summed E-state index contributed by atoms with van der Waals surface area (Å²) in [5.74, 6) is 1.58. The molecule has 5 heterocycles. The Morgan fingerprint density at radius 2 is 1.92 bits per heavy atom. The Morgan fingerprint density at radius 3 is 2.72 bits per heavy atom. The zero-order chi connectivity index (χ0) is 27.1. The summed E-state index contributed by atoms with van der Waals surface area (Å²) < 4.78 is 12.7. The molecule has 0 radical (unpaired) electrons. The molecule has 1 aromatic carbocycles. The highest BCUT2D eigenvalue weighted by Crippen LogP contribution is 2.39. The molecule has 9 nitrogen and oxygen atoms in total.